The van der Waals surface area contributed by atoms with Crippen LogP contribution in [0, 0.1) is 0 Å². The second kappa shape index (κ2) is 6.15. The summed E-state index contributed by atoms with van der Waals surface area (Å²) in [6.45, 7) is 10.0. The van der Waals surface area contributed by atoms with Gasteiger partial charge in [-0.05, 0) is 57.4 Å². The highest BCUT2D eigenvalue weighted by atomic mass is 16.6. The van der Waals surface area contributed by atoms with E-state index >= 15 is 0 Å². The minimum atomic E-state index is -0.787. The molecule has 0 bridgehead atoms. The first-order chi connectivity index (χ1) is 12.8. The zero-order chi connectivity index (χ0) is 19.3. The zero-order valence-corrected chi connectivity index (χ0v) is 16.6. The van der Waals surface area contributed by atoms with Crippen LogP contribution < -0.4 is 5.01 Å². The zero-order valence-electron chi connectivity index (χ0n) is 16.6. The fourth-order valence-corrected chi connectivity index (χ4v) is 4.28. The Balaban J connectivity index is 1.99. The number of benzene rings is 2. The van der Waals surface area contributed by atoms with Crippen molar-refractivity contribution in [3.8, 4) is 0 Å². The lowest BCUT2D eigenvalue weighted by atomic mass is 9.81. The monoisotopic (exact) mass is 362 g/mol. The number of hydrazine groups is 1. The smallest absolute Gasteiger partial charge is 0.340 e. The third-order valence-electron chi connectivity index (χ3n) is 5.60. The van der Waals surface area contributed by atoms with Gasteiger partial charge < -0.3 is 4.74 Å². The molecule has 0 aliphatic carbocycles. The van der Waals surface area contributed by atoms with Gasteiger partial charge in [0.05, 0.1) is 11.7 Å². The van der Waals surface area contributed by atoms with E-state index in [1.165, 1.54) is 11.1 Å². The van der Waals surface area contributed by atoms with E-state index < -0.39 is 5.54 Å². The van der Waals surface area contributed by atoms with Crippen molar-refractivity contribution in [3.05, 3.63) is 77.2 Å². The summed E-state index contributed by atoms with van der Waals surface area (Å²) in [6.07, 6.45) is 0. The number of rotatable bonds is 1. The highest BCUT2D eigenvalue weighted by Crippen LogP contribution is 2.48. The number of para-hydroxylation sites is 1. The summed E-state index contributed by atoms with van der Waals surface area (Å²) in [7, 11) is 0. The highest BCUT2D eigenvalue weighted by Gasteiger charge is 2.52. The number of hydrogen-bond acceptors (Lipinski definition) is 4. The number of esters is 1. The quantitative estimate of drug-likeness (QED) is 0.680. The summed E-state index contributed by atoms with van der Waals surface area (Å²) in [5.74, 6) is 0.595. The molecule has 2 atom stereocenters. The van der Waals surface area contributed by atoms with Crippen molar-refractivity contribution in [1.82, 2.24) is 5.01 Å². The van der Waals surface area contributed by atoms with Crippen LogP contribution in [0.15, 0.2) is 66.1 Å². The molecule has 2 heterocycles. The molecule has 4 nitrogen and oxygen atoms in total. The molecule has 0 amide bonds. The van der Waals surface area contributed by atoms with Crippen LogP contribution in [0.1, 0.15) is 51.7 Å². The fraction of sp³-hybridized carbons (Fsp3) is 0.348. The molecule has 4 rings (SSSR count). The van der Waals surface area contributed by atoms with Crippen molar-refractivity contribution >= 4 is 11.7 Å². The Morgan fingerprint density at radius 2 is 1.63 bits per heavy atom. The topological polar surface area (TPSA) is 32.8 Å². The van der Waals surface area contributed by atoms with Gasteiger partial charge in [0.15, 0.2) is 5.54 Å². The number of hydrogen-bond donors (Lipinski definition) is 0. The van der Waals surface area contributed by atoms with Crippen LogP contribution in [0.3, 0.4) is 0 Å². The standard InChI is InChI=1S/C23H26N2O2/c1-15(2)21-24-16(3)20(17-11-7-6-8-12-17)18-13-9-10-14-19(18)25(24)23(4,5)22(26)27-21/h6-14,16,20H,1-5H3. The highest BCUT2D eigenvalue weighted by molar-refractivity contribution is 5.87. The third-order valence-corrected chi connectivity index (χ3v) is 5.60. The molecule has 2 aliphatic heterocycles. The van der Waals surface area contributed by atoms with Crippen LogP contribution in [0.5, 0.6) is 0 Å². The van der Waals surface area contributed by atoms with Gasteiger partial charge in [-0.2, -0.15) is 0 Å². The Hall–Kier alpha value is -2.75. The number of carbonyl (C=O) groups is 1. The van der Waals surface area contributed by atoms with Crippen molar-refractivity contribution in [2.24, 2.45) is 0 Å². The second-order valence-corrected chi connectivity index (χ2v) is 8.10. The summed E-state index contributed by atoms with van der Waals surface area (Å²) >= 11 is 0. The van der Waals surface area contributed by atoms with E-state index in [0.29, 0.717) is 5.88 Å². The van der Waals surface area contributed by atoms with Crippen molar-refractivity contribution in [1.29, 1.82) is 0 Å². The maximum absolute atomic E-state index is 12.8. The summed E-state index contributed by atoms with van der Waals surface area (Å²) in [5.41, 5.74) is 3.76. The van der Waals surface area contributed by atoms with E-state index in [1.54, 1.807) is 0 Å². The number of allylic oxidation sites excluding steroid dienone is 1. The number of nitrogens with zero attached hydrogens (tertiary/aromatic N) is 2. The summed E-state index contributed by atoms with van der Waals surface area (Å²) in [4.78, 5) is 12.8. The van der Waals surface area contributed by atoms with E-state index in [2.05, 4.69) is 59.4 Å². The van der Waals surface area contributed by atoms with Crippen LogP contribution in [-0.4, -0.2) is 22.6 Å². The van der Waals surface area contributed by atoms with Gasteiger partial charge in [-0.1, -0.05) is 48.5 Å². The lowest BCUT2D eigenvalue weighted by Crippen LogP contribution is -2.68. The molecule has 0 saturated carbocycles. The SMILES string of the molecule is CC(C)=C1OC(=O)C(C)(C)N2c3ccccc3C(c3ccccc3)C(C)N12. The molecule has 4 heteroatoms. The van der Waals surface area contributed by atoms with Crippen molar-refractivity contribution < 1.29 is 9.53 Å². The molecule has 2 aromatic carbocycles. The molecule has 27 heavy (non-hydrogen) atoms. The Morgan fingerprint density at radius 3 is 2.30 bits per heavy atom. The van der Waals surface area contributed by atoms with Gasteiger partial charge in [0.1, 0.15) is 0 Å². The van der Waals surface area contributed by atoms with Crippen LogP contribution in [-0.2, 0) is 9.53 Å². The number of carbonyl (C=O) groups excluding carboxylic acids is 1. The van der Waals surface area contributed by atoms with Crippen LogP contribution in [0.4, 0.5) is 5.69 Å². The van der Waals surface area contributed by atoms with Gasteiger partial charge in [0.2, 0.25) is 5.88 Å². The minimum Gasteiger partial charge on any atom is -0.406 e. The Bertz CT molecular complexity index is 913. The largest absolute Gasteiger partial charge is 0.406 e. The molecule has 2 aromatic rings. The normalized spacial score (nSPS) is 23.4. The molecule has 0 N–H and O–H groups in total. The molecular weight excluding hydrogens is 336 g/mol. The van der Waals surface area contributed by atoms with Gasteiger partial charge in [0.25, 0.3) is 0 Å². The molecular formula is C23H26N2O2. The predicted molar refractivity (Wildman–Crippen MR) is 107 cm³/mol. The Morgan fingerprint density at radius 1 is 1.00 bits per heavy atom. The van der Waals surface area contributed by atoms with Crippen molar-refractivity contribution in [2.45, 2.75) is 52.1 Å². The molecule has 140 valence electrons. The molecule has 2 unspecified atom stereocenters. The number of cyclic esters (lactones) is 1. The lowest BCUT2D eigenvalue weighted by Gasteiger charge is -2.57. The van der Waals surface area contributed by atoms with Gasteiger partial charge in [0, 0.05) is 5.92 Å². The van der Waals surface area contributed by atoms with E-state index in [0.717, 1.165) is 11.3 Å². The Kier molecular flexibility index (Phi) is 4.02. The number of ether oxygens (including phenoxy) is 1. The third kappa shape index (κ3) is 2.54. The predicted octanol–water partition coefficient (Wildman–Crippen LogP) is 4.83. The summed E-state index contributed by atoms with van der Waals surface area (Å²) in [5, 5.41) is 4.30. The first-order valence-electron chi connectivity index (χ1n) is 9.47. The number of anilines is 1. The lowest BCUT2D eigenvalue weighted by molar-refractivity contribution is -0.157. The molecule has 1 saturated heterocycles. The molecule has 0 radical (unpaired) electrons. The first-order valence-corrected chi connectivity index (χ1v) is 9.47. The minimum absolute atomic E-state index is 0.0968. The van der Waals surface area contributed by atoms with Gasteiger partial charge in [-0.15, -0.1) is 0 Å². The number of fused-ring (bicyclic) bond motifs is 3. The van der Waals surface area contributed by atoms with Crippen LogP contribution >= 0.6 is 0 Å². The summed E-state index contributed by atoms with van der Waals surface area (Å²) < 4.78 is 5.83. The molecule has 1 fully saturated rings. The van der Waals surface area contributed by atoms with Gasteiger partial charge >= 0.3 is 5.97 Å². The van der Waals surface area contributed by atoms with E-state index in [-0.39, 0.29) is 17.9 Å². The van der Waals surface area contributed by atoms with Crippen molar-refractivity contribution in [2.75, 3.05) is 5.01 Å². The Labute approximate surface area is 161 Å². The molecule has 2 aliphatic rings. The second-order valence-electron chi connectivity index (χ2n) is 8.10. The molecule has 0 spiro atoms. The maximum atomic E-state index is 12.8. The summed E-state index contributed by atoms with van der Waals surface area (Å²) in [6, 6.07) is 19.1. The van der Waals surface area contributed by atoms with E-state index in [9.17, 15) is 4.79 Å². The van der Waals surface area contributed by atoms with E-state index in [1.807, 2.05) is 39.8 Å². The van der Waals surface area contributed by atoms with Crippen LogP contribution in [0.25, 0.3) is 0 Å². The van der Waals surface area contributed by atoms with Crippen LogP contribution in [0.2, 0.25) is 0 Å². The van der Waals surface area contributed by atoms with Gasteiger partial charge in [-0.3, -0.25) is 5.01 Å². The fourth-order valence-electron chi connectivity index (χ4n) is 4.28. The average molecular weight is 362 g/mol. The van der Waals surface area contributed by atoms with Crippen molar-refractivity contribution in [3.63, 3.8) is 0 Å². The maximum Gasteiger partial charge on any atom is 0.340 e. The average Bonchev–Trinajstić information content (AvgIpc) is 2.65. The van der Waals surface area contributed by atoms with Gasteiger partial charge in [-0.25, -0.2) is 9.80 Å². The first kappa shape index (κ1) is 17.7. The molecule has 0 aromatic heterocycles. The van der Waals surface area contributed by atoms with E-state index in [4.69, 9.17) is 4.74 Å².